The van der Waals surface area contributed by atoms with Crippen LogP contribution in [0.1, 0.15) is 43.5 Å². The molecule has 8 nitrogen and oxygen atoms in total. The molecule has 2 fully saturated rings. The molecule has 2 aliphatic heterocycles. The van der Waals surface area contributed by atoms with E-state index in [9.17, 15) is 14.4 Å². The van der Waals surface area contributed by atoms with Gasteiger partial charge in [0.25, 0.3) is 5.91 Å². The zero-order valence-corrected chi connectivity index (χ0v) is 18.0. The summed E-state index contributed by atoms with van der Waals surface area (Å²) >= 11 is 0. The smallest absolute Gasteiger partial charge is 0.319 e. The highest BCUT2D eigenvalue weighted by Crippen LogP contribution is 2.15. The Bertz CT molecular complexity index is 753. The molecule has 2 aliphatic rings. The molecule has 164 valence electrons. The Morgan fingerprint density at radius 1 is 0.933 bits per heavy atom. The summed E-state index contributed by atoms with van der Waals surface area (Å²) in [5, 5.41) is 5.53. The molecule has 0 atom stereocenters. The van der Waals surface area contributed by atoms with Crippen molar-refractivity contribution in [1.29, 1.82) is 0 Å². The molecule has 8 heteroatoms. The maximum absolute atomic E-state index is 12.9. The Kier molecular flexibility index (Phi) is 7.68. The van der Waals surface area contributed by atoms with Gasteiger partial charge in [0.1, 0.15) is 0 Å². The molecule has 0 radical (unpaired) electrons. The van der Waals surface area contributed by atoms with Crippen LogP contribution in [-0.4, -0.2) is 84.4 Å². The fourth-order valence-corrected chi connectivity index (χ4v) is 3.89. The van der Waals surface area contributed by atoms with Crippen molar-refractivity contribution in [3.05, 3.63) is 29.8 Å². The Morgan fingerprint density at radius 2 is 1.63 bits per heavy atom. The third-order valence-corrected chi connectivity index (χ3v) is 5.51. The minimum atomic E-state index is -0.290. The summed E-state index contributed by atoms with van der Waals surface area (Å²) in [5.41, 5.74) is 1.14. The summed E-state index contributed by atoms with van der Waals surface area (Å²) < 4.78 is 0. The van der Waals surface area contributed by atoms with Crippen molar-refractivity contribution >= 4 is 23.5 Å². The monoisotopic (exact) mass is 415 g/mol. The van der Waals surface area contributed by atoms with Crippen molar-refractivity contribution in [2.24, 2.45) is 0 Å². The van der Waals surface area contributed by atoms with Crippen LogP contribution in [0.4, 0.5) is 10.5 Å². The molecular weight excluding hydrogens is 382 g/mol. The average molecular weight is 416 g/mol. The van der Waals surface area contributed by atoms with Gasteiger partial charge in [-0.25, -0.2) is 4.79 Å². The standard InChI is InChI=1S/C22H33N5O3/c1-17(2)23-22(30)24-19-8-6-7-18(15-19)21(29)27-13-11-25(12-14-27)16-20(28)26-9-4-3-5-10-26/h6-8,15,17H,3-5,9-14,16H2,1-2H3,(H2,23,24,30). The normalized spacial score (nSPS) is 17.7. The summed E-state index contributed by atoms with van der Waals surface area (Å²) in [6.07, 6.45) is 3.41. The van der Waals surface area contributed by atoms with E-state index < -0.39 is 0 Å². The molecule has 1 aromatic rings. The van der Waals surface area contributed by atoms with E-state index in [1.54, 1.807) is 24.3 Å². The van der Waals surface area contributed by atoms with Crippen LogP contribution in [0, 0.1) is 0 Å². The maximum atomic E-state index is 12.9. The molecule has 0 unspecified atom stereocenters. The largest absolute Gasteiger partial charge is 0.342 e. The lowest BCUT2D eigenvalue weighted by atomic mass is 10.1. The van der Waals surface area contributed by atoms with E-state index in [4.69, 9.17) is 0 Å². The van der Waals surface area contributed by atoms with E-state index in [0.29, 0.717) is 44.0 Å². The van der Waals surface area contributed by atoms with E-state index >= 15 is 0 Å². The molecule has 0 aromatic heterocycles. The minimum Gasteiger partial charge on any atom is -0.342 e. The Labute approximate surface area is 178 Å². The molecule has 30 heavy (non-hydrogen) atoms. The predicted molar refractivity (Wildman–Crippen MR) is 117 cm³/mol. The number of hydrogen-bond acceptors (Lipinski definition) is 4. The number of piperazine rings is 1. The molecule has 2 heterocycles. The highest BCUT2D eigenvalue weighted by atomic mass is 16.2. The van der Waals surface area contributed by atoms with Crippen molar-refractivity contribution in [2.45, 2.75) is 39.2 Å². The van der Waals surface area contributed by atoms with Crippen molar-refractivity contribution < 1.29 is 14.4 Å². The maximum Gasteiger partial charge on any atom is 0.319 e. The third-order valence-electron chi connectivity index (χ3n) is 5.51. The number of rotatable bonds is 5. The quantitative estimate of drug-likeness (QED) is 0.770. The zero-order valence-electron chi connectivity index (χ0n) is 18.0. The highest BCUT2D eigenvalue weighted by molar-refractivity contribution is 5.97. The van der Waals surface area contributed by atoms with Crippen LogP contribution in [0.5, 0.6) is 0 Å². The summed E-state index contributed by atoms with van der Waals surface area (Å²) in [7, 11) is 0. The predicted octanol–water partition coefficient (Wildman–Crippen LogP) is 1.99. The van der Waals surface area contributed by atoms with Gasteiger partial charge in [-0.3, -0.25) is 14.5 Å². The lowest BCUT2D eigenvalue weighted by Crippen LogP contribution is -2.52. The van der Waals surface area contributed by atoms with Crippen LogP contribution in [0.25, 0.3) is 0 Å². The van der Waals surface area contributed by atoms with Crippen molar-refractivity contribution in [1.82, 2.24) is 20.0 Å². The van der Waals surface area contributed by atoms with Crippen molar-refractivity contribution in [2.75, 3.05) is 51.1 Å². The van der Waals surface area contributed by atoms with Crippen LogP contribution >= 0.6 is 0 Å². The van der Waals surface area contributed by atoms with E-state index in [-0.39, 0.29) is 23.9 Å². The molecule has 3 rings (SSSR count). The number of anilines is 1. The first-order valence-electron chi connectivity index (χ1n) is 10.9. The topological polar surface area (TPSA) is 85.0 Å². The number of piperidine rings is 1. The van der Waals surface area contributed by atoms with Crippen LogP contribution in [0.2, 0.25) is 0 Å². The summed E-state index contributed by atoms with van der Waals surface area (Å²) in [6, 6.07) is 6.75. The second-order valence-corrected chi connectivity index (χ2v) is 8.34. The number of nitrogens with zero attached hydrogens (tertiary/aromatic N) is 3. The lowest BCUT2D eigenvalue weighted by Gasteiger charge is -2.36. The average Bonchev–Trinajstić information content (AvgIpc) is 2.74. The Balaban J connectivity index is 1.49. The SMILES string of the molecule is CC(C)NC(=O)Nc1cccc(C(=O)N2CCN(CC(=O)N3CCCCC3)CC2)c1. The summed E-state index contributed by atoms with van der Waals surface area (Å²) in [5.74, 6) is 0.151. The van der Waals surface area contributed by atoms with Gasteiger partial charge in [-0.2, -0.15) is 0 Å². The Hall–Kier alpha value is -2.61. The van der Waals surface area contributed by atoms with Gasteiger partial charge >= 0.3 is 6.03 Å². The number of hydrogen-bond donors (Lipinski definition) is 2. The van der Waals surface area contributed by atoms with Gasteiger partial charge in [0.2, 0.25) is 5.91 Å². The fraction of sp³-hybridized carbons (Fsp3) is 0.591. The zero-order chi connectivity index (χ0) is 21.5. The molecule has 2 saturated heterocycles. The first-order chi connectivity index (χ1) is 14.4. The summed E-state index contributed by atoms with van der Waals surface area (Å²) in [4.78, 5) is 43.2. The van der Waals surface area contributed by atoms with Gasteiger partial charge in [-0.05, 0) is 51.3 Å². The second kappa shape index (κ2) is 10.4. The number of carbonyl (C=O) groups excluding carboxylic acids is 3. The molecule has 4 amide bonds. The van der Waals surface area contributed by atoms with Crippen LogP contribution in [-0.2, 0) is 4.79 Å². The number of nitrogens with one attached hydrogen (secondary N) is 2. The third kappa shape index (κ3) is 6.19. The fourth-order valence-electron chi connectivity index (χ4n) is 3.89. The summed E-state index contributed by atoms with van der Waals surface area (Å²) in [6.45, 7) is 8.54. The van der Waals surface area contributed by atoms with Gasteiger partial charge in [0.15, 0.2) is 0 Å². The van der Waals surface area contributed by atoms with Gasteiger partial charge in [0, 0.05) is 56.6 Å². The van der Waals surface area contributed by atoms with Crippen LogP contribution in [0.3, 0.4) is 0 Å². The van der Waals surface area contributed by atoms with E-state index in [2.05, 4.69) is 15.5 Å². The van der Waals surface area contributed by atoms with E-state index in [1.807, 2.05) is 23.6 Å². The van der Waals surface area contributed by atoms with Crippen LogP contribution < -0.4 is 10.6 Å². The van der Waals surface area contributed by atoms with E-state index in [1.165, 1.54) is 6.42 Å². The first-order valence-corrected chi connectivity index (χ1v) is 10.9. The number of urea groups is 1. The van der Waals surface area contributed by atoms with Gasteiger partial charge in [0.05, 0.1) is 6.54 Å². The van der Waals surface area contributed by atoms with Crippen molar-refractivity contribution in [3.8, 4) is 0 Å². The number of benzene rings is 1. The molecule has 2 N–H and O–H groups in total. The molecule has 0 aliphatic carbocycles. The molecule has 0 bridgehead atoms. The highest BCUT2D eigenvalue weighted by Gasteiger charge is 2.25. The lowest BCUT2D eigenvalue weighted by molar-refractivity contribution is -0.133. The number of likely N-dealkylation sites (tertiary alicyclic amines) is 1. The first kappa shape index (κ1) is 22.1. The number of amides is 4. The van der Waals surface area contributed by atoms with Crippen molar-refractivity contribution in [3.63, 3.8) is 0 Å². The van der Waals surface area contributed by atoms with Crippen LogP contribution in [0.15, 0.2) is 24.3 Å². The molecule has 0 spiro atoms. The molecular formula is C22H33N5O3. The van der Waals surface area contributed by atoms with Gasteiger partial charge < -0.3 is 20.4 Å². The minimum absolute atomic E-state index is 0.0351. The molecule has 1 aromatic carbocycles. The second-order valence-electron chi connectivity index (χ2n) is 8.34. The van der Waals surface area contributed by atoms with E-state index in [0.717, 1.165) is 25.9 Å². The van der Waals surface area contributed by atoms with Gasteiger partial charge in [-0.15, -0.1) is 0 Å². The molecule has 0 saturated carbocycles. The Morgan fingerprint density at radius 3 is 2.30 bits per heavy atom. The number of carbonyl (C=O) groups is 3. The van der Waals surface area contributed by atoms with Gasteiger partial charge in [-0.1, -0.05) is 6.07 Å².